The molecule has 4 heteroatoms. The van der Waals surface area contributed by atoms with Crippen LogP contribution in [0.15, 0.2) is 24.3 Å². The molecule has 18 heavy (non-hydrogen) atoms. The summed E-state index contributed by atoms with van der Waals surface area (Å²) in [7, 11) is 0. The van der Waals surface area contributed by atoms with Crippen molar-refractivity contribution in [3.8, 4) is 0 Å². The Morgan fingerprint density at radius 2 is 2.17 bits per heavy atom. The van der Waals surface area contributed by atoms with Gasteiger partial charge in [-0.15, -0.1) is 0 Å². The molecule has 0 fully saturated rings. The Morgan fingerprint density at radius 3 is 2.72 bits per heavy atom. The van der Waals surface area contributed by atoms with Crippen LogP contribution in [0.25, 0.3) is 6.08 Å². The molecule has 0 atom stereocenters. The van der Waals surface area contributed by atoms with Crippen LogP contribution in [0.1, 0.15) is 32.8 Å². The molecule has 0 aliphatic rings. The number of carbonyl (C=O) groups is 1. The third-order valence-corrected chi connectivity index (χ3v) is 3.01. The minimum absolute atomic E-state index is 0.0476. The third kappa shape index (κ3) is 4.49. The smallest absolute Gasteiger partial charge is 0.244 e. The molecule has 1 aromatic rings. The second kappa shape index (κ2) is 6.01. The quantitative estimate of drug-likeness (QED) is 0.828. The number of halogens is 2. The lowest BCUT2D eigenvalue weighted by atomic mass is 10.0. The predicted octanol–water partition coefficient (Wildman–Crippen LogP) is 3.80. The van der Waals surface area contributed by atoms with Crippen LogP contribution in [0.2, 0.25) is 5.02 Å². The predicted molar refractivity (Wildman–Crippen MR) is 73.0 cm³/mol. The summed E-state index contributed by atoms with van der Waals surface area (Å²) < 4.78 is 12.9. The Labute approximate surface area is 112 Å². The lowest BCUT2D eigenvalue weighted by molar-refractivity contribution is -0.117. The van der Waals surface area contributed by atoms with Crippen molar-refractivity contribution in [3.63, 3.8) is 0 Å². The lowest BCUT2D eigenvalue weighted by Crippen LogP contribution is -2.41. The number of benzene rings is 1. The van der Waals surface area contributed by atoms with Crippen molar-refractivity contribution in [1.82, 2.24) is 5.32 Å². The Bertz CT molecular complexity index is 469. The summed E-state index contributed by atoms with van der Waals surface area (Å²) >= 11 is 5.65. The number of amides is 1. The van der Waals surface area contributed by atoms with E-state index in [4.69, 9.17) is 11.6 Å². The normalized spacial score (nSPS) is 11.8. The van der Waals surface area contributed by atoms with E-state index in [1.165, 1.54) is 18.2 Å². The molecule has 1 N–H and O–H groups in total. The monoisotopic (exact) mass is 269 g/mol. The average Bonchev–Trinajstić information content (AvgIpc) is 2.30. The van der Waals surface area contributed by atoms with Crippen molar-refractivity contribution in [1.29, 1.82) is 0 Å². The fourth-order valence-corrected chi connectivity index (χ4v) is 1.44. The summed E-state index contributed by atoms with van der Waals surface area (Å²) in [5, 5.41) is 2.92. The molecular formula is C14H17ClFNO. The molecule has 1 amide bonds. The SMILES string of the molecule is CCC(C)(C)NC(=O)C=Cc1ccc(F)c(Cl)c1. The molecule has 0 spiro atoms. The number of carbonyl (C=O) groups excluding carboxylic acids is 1. The Morgan fingerprint density at radius 1 is 1.50 bits per heavy atom. The highest BCUT2D eigenvalue weighted by Gasteiger charge is 2.15. The minimum atomic E-state index is -0.467. The van der Waals surface area contributed by atoms with Gasteiger partial charge in [0.25, 0.3) is 0 Å². The van der Waals surface area contributed by atoms with Gasteiger partial charge < -0.3 is 5.32 Å². The molecule has 0 aliphatic heterocycles. The van der Waals surface area contributed by atoms with Crippen molar-refractivity contribution in [2.24, 2.45) is 0 Å². The fraction of sp³-hybridized carbons (Fsp3) is 0.357. The second-order valence-electron chi connectivity index (χ2n) is 4.73. The van der Waals surface area contributed by atoms with E-state index >= 15 is 0 Å². The lowest BCUT2D eigenvalue weighted by Gasteiger charge is -2.23. The van der Waals surface area contributed by atoms with Crippen LogP contribution in [0.4, 0.5) is 4.39 Å². The number of nitrogens with one attached hydrogen (secondary N) is 1. The molecule has 1 rings (SSSR count). The van der Waals surface area contributed by atoms with Gasteiger partial charge in [-0.3, -0.25) is 4.79 Å². The summed E-state index contributed by atoms with van der Waals surface area (Å²) in [5.41, 5.74) is 0.452. The van der Waals surface area contributed by atoms with Crippen LogP contribution in [-0.2, 0) is 4.79 Å². The van der Waals surface area contributed by atoms with E-state index < -0.39 is 5.82 Å². The largest absolute Gasteiger partial charge is 0.348 e. The van der Waals surface area contributed by atoms with E-state index in [1.807, 2.05) is 20.8 Å². The van der Waals surface area contributed by atoms with E-state index in [0.29, 0.717) is 5.56 Å². The zero-order valence-electron chi connectivity index (χ0n) is 10.8. The first kappa shape index (κ1) is 14.7. The number of hydrogen-bond acceptors (Lipinski definition) is 1. The van der Waals surface area contributed by atoms with Crippen LogP contribution < -0.4 is 5.32 Å². The van der Waals surface area contributed by atoms with Crippen molar-refractivity contribution < 1.29 is 9.18 Å². The summed E-state index contributed by atoms with van der Waals surface area (Å²) in [6, 6.07) is 4.32. The maximum absolute atomic E-state index is 12.9. The summed E-state index contributed by atoms with van der Waals surface area (Å²) in [6.45, 7) is 5.91. The van der Waals surface area contributed by atoms with Crippen molar-refractivity contribution in [2.75, 3.05) is 0 Å². The van der Waals surface area contributed by atoms with Crippen LogP contribution in [-0.4, -0.2) is 11.4 Å². The van der Waals surface area contributed by atoms with Crippen molar-refractivity contribution in [3.05, 3.63) is 40.7 Å². The van der Waals surface area contributed by atoms with Crippen LogP contribution in [0, 0.1) is 5.82 Å². The maximum Gasteiger partial charge on any atom is 0.244 e. The highest BCUT2D eigenvalue weighted by molar-refractivity contribution is 6.30. The standard InChI is InChI=1S/C14H17ClFNO/c1-4-14(2,3)17-13(18)8-6-10-5-7-12(16)11(15)9-10/h5-9H,4H2,1-3H3,(H,17,18). The molecule has 0 aromatic heterocycles. The van der Waals surface area contributed by atoms with Gasteiger partial charge in [-0.2, -0.15) is 0 Å². The van der Waals surface area contributed by atoms with Crippen molar-refractivity contribution >= 4 is 23.6 Å². The van der Waals surface area contributed by atoms with Crippen LogP contribution >= 0.6 is 11.6 Å². The number of rotatable bonds is 4. The molecule has 0 radical (unpaired) electrons. The molecule has 0 saturated carbocycles. The molecular weight excluding hydrogens is 253 g/mol. The Hall–Kier alpha value is -1.35. The van der Waals surface area contributed by atoms with Gasteiger partial charge in [0, 0.05) is 11.6 Å². The van der Waals surface area contributed by atoms with E-state index in [0.717, 1.165) is 6.42 Å². The summed E-state index contributed by atoms with van der Waals surface area (Å²) in [6.07, 6.45) is 3.86. The average molecular weight is 270 g/mol. The van der Waals surface area contributed by atoms with Gasteiger partial charge in [-0.25, -0.2) is 4.39 Å². The number of hydrogen-bond donors (Lipinski definition) is 1. The zero-order chi connectivity index (χ0) is 13.8. The van der Waals surface area contributed by atoms with E-state index in [-0.39, 0.29) is 16.5 Å². The summed E-state index contributed by atoms with van der Waals surface area (Å²) in [4.78, 5) is 11.6. The van der Waals surface area contributed by atoms with Gasteiger partial charge in [-0.05, 0) is 44.0 Å². The van der Waals surface area contributed by atoms with Gasteiger partial charge in [0.15, 0.2) is 0 Å². The molecule has 98 valence electrons. The maximum atomic E-state index is 12.9. The highest BCUT2D eigenvalue weighted by Crippen LogP contribution is 2.16. The first-order chi connectivity index (χ1) is 8.34. The van der Waals surface area contributed by atoms with Gasteiger partial charge in [-0.1, -0.05) is 24.6 Å². The Balaban J connectivity index is 2.69. The molecule has 1 aromatic carbocycles. The molecule has 0 bridgehead atoms. The minimum Gasteiger partial charge on any atom is -0.348 e. The fourth-order valence-electron chi connectivity index (χ4n) is 1.25. The zero-order valence-corrected chi connectivity index (χ0v) is 11.5. The molecule has 0 saturated heterocycles. The first-order valence-electron chi connectivity index (χ1n) is 5.79. The molecule has 0 unspecified atom stereocenters. The first-order valence-corrected chi connectivity index (χ1v) is 6.17. The molecule has 0 heterocycles. The van der Waals surface area contributed by atoms with Crippen molar-refractivity contribution in [2.45, 2.75) is 32.7 Å². The highest BCUT2D eigenvalue weighted by atomic mass is 35.5. The van der Waals surface area contributed by atoms with E-state index in [2.05, 4.69) is 5.32 Å². The third-order valence-electron chi connectivity index (χ3n) is 2.72. The van der Waals surface area contributed by atoms with Gasteiger partial charge in [0.1, 0.15) is 5.82 Å². The van der Waals surface area contributed by atoms with Crippen LogP contribution in [0.5, 0.6) is 0 Å². The van der Waals surface area contributed by atoms with E-state index in [1.54, 1.807) is 12.1 Å². The van der Waals surface area contributed by atoms with Crippen LogP contribution in [0.3, 0.4) is 0 Å². The van der Waals surface area contributed by atoms with Gasteiger partial charge in [0.05, 0.1) is 5.02 Å². The topological polar surface area (TPSA) is 29.1 Å². The Kier molecular flexibility index (Phi) is 4.91. The molecule has 0 aliphatic carbocycles. The van der Waals surface area contributed by atoms with Gasteiger partial charge in [0.2, 0.25) is 5.91 Å². The van der Waals surface area contributed by atoms with E-state index in [9.17, 15) is 9.18 Å². The summed E-state index contributed by atoms with van der Waals surface area (Å²) in [5.74, 6) is -0.646. The van der Waals surface area contributed by atoms with Gasteiger partial charge >= 0.3 is 0 Å². The second-order valence-corrected chi connectivity index (χ2v) is 5.14. The molecule has 2 nitrogen and oxygen atoms in total.